The largest absolute Gasteiger partial charge is 0.298 e. The van der Waals surface area contributed by atoms with E-state index in [0.29, 0.717) is 5.56 Å². The molecule has 0 radical (unpaired) electrons. The van der Waals surface area contributed by atoms with E-state index in [0.717, 1.165) is 59.7 Å². The summed E-state index contributed by atoms with van der Waals surface area (Å²) >= 11 is 0. The fraction of sp³-hybridized carbons (Fsp3) is 0.250. The van der Waals surface area contributed by atoms with Gasteiger partial charge in [0.25, 0.3) is 5.91 Å². The average molecular weight is 251 g/mol. The fourth-order valence-corrected chi connectivity index (χ4v) is 3.43. The molecular formula is C16H13NO2. The summed E-state index contributed by atoms with van der Waals surface area (Å²) in [5.74, 6) is 0.0778. The molecule has 0 atom stereocenters. The van der Waals surface area contributed by atoms with E-state index in [9.17, 15) is 9.59 Å². The molecule has 1 aliphatic carbocycles. The summed E-state index contributed by atoms with van der Waals surface area (Å²) in [5, 5.41) is 0.887. The second-order valence-electron chi connectivity index (χ2n) is 5.20. The molecule has 0 N–H and O–H groups in total. The van der Waals surface area contributed by atoms with E-state index >= 15 is 0 Å². The minimum Gasteiger partial charge on any atom is -0.298 e. The quantitative estimate of drug-likeness (QED) is 0.728. The summed E-state index contributed by atoms with van der Waals surface area (Å²) < 4.78 is 1.75. The van der Waals surface area contributed by atoms with E-state index in [4.69, 9.17) is 0 Å². The zero-order valence-corrected chi connectivity index (χ0v) is 10.5. The number of carbonyl (C=O) groups excluding carboxylic acids is 2. The van der Waals surface area contributed by atoms with E-state index in [1.165, 1.54) is 0 Å². The monoisotopic (exact) mass is 251 g/mol. The van der Waals surface area contributed by atoms with Crippen molar-refractivity contribution >= 4 is 28.7 Å². The van der Waals surface area contributed by atoms with Crippen molar-refractivity contribution in [1.82, 2.24) is 4.57 Å². The molecular weight excluding hydrogens is 238 g/mol. The van der Waals surface area contributed by atoms with Crippen molar-refractivity contribution in [2.24, 2.45) is 0 Å². The molecule has 0 amide bonds. The third kappa shape index (κ3) is 1.22. The van der Waals surface area contributed by atoms with Gasteiger partial charge in [-0.25, -0.2) is 0 Å². The molecule has 1 aromatic heterocycles. The Kier molecular flexibility index (Phi) is 2.07. The third-order valence-corrected chi connectivity index (χ3v) is 4.25. The third-order valence-electron chi connectivity index (χ3n) is 4.25. The molecule has 1 aliphatic heterocycles. The van der Waals surface area contributed by atoms with Crippen LogP contribution in [-0.4, -0.2) is 16.8 Å². The predicted octanol–water partition coefficient (Wildman–Crippen LogP) is 3.44. The van der Waals surface area contributed by atoms with Crippen LogP contribution in [0.5, 0.6) is 0 Å². The van der Waals surface area contributed by atoms with Gasteiger partial charge in [-0.05, 0) is 37.3 Å². The number of benzene rings is 1. The van der Waals surface area contributed by atoms with Crippen LogP contribution in [0.1, 0.15) is 46.5 Å². The van der Waals surface area contributed by atoms with Gasteiger partial charge in [0.05, 0.1) is 11.2 Å². The van der Waals surface area contributed by atoms with E-state index < -0.39 is 0 Å². The molecule has 2 heterocycles. The summed E-state index contributed by atoms with van der Waals surface area (Å²) in [7, 11) is 0. The van der Waals surface area contributed by atoms with Gasteiger partial charge >= 0.3 is 0 Å². The van der Waals surface area contributed by atoms with Crippen molar-refractivity contribution in [2.45, 2.75) is 25.7 Å². The van der Waals surface area contributed by atoms with Crippen molar-refractivity contribution < 1.29 is 9.59 Å². The number of carbonyl (C=O) groups is 2. The highest BCUT2D eigenvalue weighted by Crippen LogP contribution is 2.43. The Balaban J connectivity index is 2.15. The Morgan fingerprint density at radius 2 is 1.79 bits per heavy atom. The number of fused-ring (bicyclic) bond motifs is 4. The molecule has 2 aromatic rings. The standard InChI is InChI=1S/C16H13NO2/c18-9-13-10-5-3-4-8-14(10)17-15(13)11-6-1-2-7-12(11)16(17)19/h3-5,8-9H,1-2,6-7H2. The summed E-state index contributed by atoms with van der Waals surface area (Å²) in [4.78, 5) is 24.0. The van der Waals surface area contributed by atoms with Gasteiger partial charge in [-0.3, -0.25) is 14.2 Å². The van der Waals surface area contributed by atoms with Crippen molar-refractivity contribution in [1.29, 1.82) is 0 Å². The lowest BCUT2D eigenvalue weighted by Gasteiger charge is -2.12. The van der Waals surface area contributed by atoms with E-state index in [1.807, 2.05) is 24.3 Å². The molecule has 1 aromatic carbocycles. The number of aldehydes is 1. The van der Waals surface area contributed by atoms with Crippen LogP contribution in [-0.2, 0) is 0 Å². The lowest BCUT2D eigenvalue weighted by atomic mass is 9.90. The minimum absolute atomic E-state index is 0.0778. The van der Waals surface area contributed by atoms with Crippen LogP contribution in [0.15, 0.2) is 29.8 Å². The Labute approximate surface area is 110 Å². The van der Waals surface area contributed by atoms with Crippen LogP contribution in [0, 0.1) is 0 Å². The molecule has 94 valence electrons. The van der Waals surface area contributed by atoms with Gasteiger partial charge in [0.15, 0.2) is 6.29 Å². The molecule has 4 rings (SSSR count). The first kappa shape index (κ1) is 10.7. The average Bonchev–Trinajstić information content (AvgIpc) is 2.94. The van der Waals surface area contributed by atoms with Crippen LogP contribution in [0.4, 0.5) is 0 Å². The van der Waals surface area contributed by atoms with Crippen LogP contribution < -0.4 is 0 Å². The molecule has 0 saturated heterocycles. The summed E-state index contributed by atoms with van der Waals surface area (Å²) in [6.07, 6.45) is 4.84. The van der Waals surface area contributed by atoms with Crippen molar-refractivity contribution in [3.63, 3.8) is 0 Å². The van der Waals surface area contributed by atoms with Gasteiger partial charge in [-0.15, -0.1) is 0 Å². The molecule has 2 aliphatic rings. The van der Waals surface area contributed by atoms with Crippen molar-refractivity contribution in [2.75, 3.05) is 0 Å². The predicted molar refractivity (Wildman–Crippen MR) is 73.3 cm³/mol. The topological polar surface area (TPSA) is 39.1 Å². The number of para-hydroxylation sites is 1. The maximum Gasteiger partial charge on any atom is 0.259 e. The number of nitrogens with zero attached hydrogens (tertiary/aromatic N) is 1. The molecule has 3 heteroatoms. The molecule has 0 bridgehead atoms. The number of allylic oxidation sites excluding steroid dienone is 2. The lowest BCUT2D eigenvalue weighted by Crippen LogP contribution is -2.09. The summed E-state index contributed by atoms with van der Waals surface area (Å²) in [6.45, 7) is 0. The van der Waals surface area contributed by atoms with Gasteiger partial charge in [0, 0.05) is 16.5 Å². The molecule has 0 unspecified atom stereocenters. The molecule has 3 nitrogen and oxygen atoms in total. The Morgan fingerprint density at radius 1 is 1.05 bits per heavy atom. The first-order chi connectivity index (χ1) is 9.33. The lowest BCUT2D eigenvalue weighted by molar-refractivity contribution is 0.0962. The summed E-state index contributed by atoms with van der Waals surface area (Å²) in [6, 6.07) is 7.66. The maximum atomic E-state index is 12.6. The highest BCUT2D eigenvalue weighted by molar-refractivity contribution is 6.18. The number of hydrogen-bond acceptors (Lipinski definition) is 2. The number of rotatable bonds is 1. The van der Waals surface area contributed by atoms with Crippen molar-refractivity contribution in [3.05, 3.63) is 41.1 Å². The second kappa shape index (κ2) is 3.67. The maximum absolute atomic E-state index is 12.6. The van der Waals surface area contributed by atoms with Crippen LogP contribution in [0.25, 0.3) is 16.5 Å². The first-order valence-electron chi connectivity index (χ1n) is 6.68. The van der Waals surface area contributed by atoms with Crippen LogP contribution in [0.3, 0.4) is 0 Å². The smallest absolute Gasteiger partial charge is 0.259 e. The highest BCUT2D eigenvalue weighted by Gasteiger charge is 2.35. The van der Waals surface area contributed by atoms with E-state index in [1.54, 1.807) is 4.57 Å². The van der Waals surface area contributed by atoms with E-state index in [2.05, 4.69) is 0 Å². The van der Waals surface area contributed by atoms with Gasteiger partial charge in [-0.2, -0.15) is 0 Å². The van der Waals surface area contributed by atoms with E-state index in [-0.39, 0.29) is 5.91 Å². The fourth-order valence-electron chi connectivity index (χ4n) is 3.43. The second-order valence-corrected chi connectivity index (χ2v) is 5.20. The van der Waals surface area contributed by atoms with Gasteiger partial charge in [0.1, 0.15) is 0 Å². The summed E-state index contributed by atoms with van der Waals surface area (Å²) in [5.41, 5.74) is 4.43. The Morgan fingerprint density at radius 3 is 2.58 bits per heavy atom. The van der Waals surface area contributed by atoms with Crippen molar-refractivity contribution in [3.8, 4) is 0 Å². The molecule has 0 spiro atoms. The van der Waals surface area contributed by atoms with Gasteiger partial charge < -0.3 is 0 Å². The zero-order chi connectivity index (χ0) is 13.0. The van der Waals surface area contributed by atoms with Gasteiger partial charge in [0.2, 0.25) is 0 Å². The van der Waals surface area contributed by atoms with Gasteiger partial charge in [-0.1, -0.05) is 18.2 Å². The molecule has 0 saturated carbocycles. The first-order valence-corrected chi connectivity index (χ1v) is 6.68. The SMILES string of the molecule is O=Cc1c2n(c3ccccc13)C(=O)C1=C2CCCC1. The molecule has 0 fully saturated rings. The Hall–Kier alpha value is -2.16. The van der Waals surface area contributed by atoms with Crippen LogP contribution >= 0.6 is 0 Å². The number of hydrogen-bond donors (Lipinski definition) is 0. The highest BCUT2D eigenvalue weighted by atomic mass is 16.2. The Bertz CT molecular complexity index is 764. The molecule has 19 heavy (non-hydrogen) atoms. The minimum atomic E-state index is 0.0778. The normalized spacial score (nSPS) is 17.8. The number of aromatic nitrogens is 1. The van der Waals surface area contributed by atoms with Crippen LogP contribution in [0.2, 0.25) is 0 Å². The zero-order valence-electron chi connectivity index (χ0n) is 10.5.